The number of carbonyl (C=O) groups is 1. The van der Waals surface area contributed by atoms with Crippen LogP contribution in [0.1, 0.15) is 13.8 Å². The standard InChI is InChI=1S/C4H8O2.O.Pt/c1-3-6-4(2)5;;/h3H2,1-2H3;;. The van der Waals surface area contributed by atoms with E-state index in [1.165, 1.54) is 6.92 Å². The summed E-state index contributed by atoms with van der Waals surface area (Å²) in [6.45, 7) is 3.65. The fourth-order valence-electron chi connectivity index (χ4n) is 0.203. The van der Waals surface area contributed by atoms with Gasteiger partial charge in [-0.2, -0.15) is 0 Å². The molecular formula is C4H8O3Pt. The van der Waals surface area contributed by atoms with Crippen LogP contribution in [0, 0.1) is 0 Å². The number of carbonyl (C=O) groups excluding carboxylic acids is 1. The van der Waals surface area contributed by atoms with Gasteiger partial charge in [0.2, 0.25) is 0 Å². The van der Waals surface area contributed by atoms with Crippen LogP contribution in [0.5, 0.6) is 0 Å². The average molecular weight is 299 g/mol. The van der Waals surface area contributed by atoms with E-state index in [0.717, 1.165) is 19.8 Å². The molecule has 0 amide bonds. The average Bonchev–Trinajstić information content (AvgIpc) is 1.72. The van der Waals surface area contributed by atoms with Crippen LogP contribution in [0.2, 0.25) is 0 Å². The fourth-order valence-corrected chi connectivity index (χ4v) is 0.203. The summed E-state index contributed by atoms with van der Waals surface area (Å²) in [6, 6.07) is 0. The van der Waals surface area contributed by atoms with Crippen LogP contribution in [0.3, 0.4) is 0 Å². The van der Waals surface area contributed by atoms with Crippen LogP contribution < -0.4 is 0 Å². The van der Waals surface area contributed by atoms with Crippen LogP contribution in [0.4, 0.5) is 0 Å². The molecule has 0 aliphatic carbocycles. The van der Waals surface area contributed by atoms with Crippen LogP contribution in [0.25, 0.3) is 0 Å². The van der Waals surface area contributed by atoms with Gasteiger partial charge in [0.15, 0.2) is 0 Å². The molecular weight excluding hydrogens is 291 g/mol. The predicted octanol–water partition coefficient (Wildman–Crippen LogP) is 0.448. The van der Waals surface area contributed by atoms with Gasteiger partial charge in [-0.05, 0) is 6.92 Å². The third kappa shape index (κ3) is 16.7. The van der Waals surface area contributed by atoms with Crippen LogP contribution >= 0.6 is 0 Å². The van der Waals surface area contributed by atoms with E-state index in [1.807, 2.05) is 0 Å². The molecule has 0 N–H and O–H groups in total. The molecule has 3 nitrogen and oxygen atoms in total. The second kappa shape index (κ2) is 10.0. The Labute approximate surface area is 59.6 Å². The maximum absolute atomic E-state index is 9.82. The van der Waals surface area contributed by atoms with Gasteiger partial charge in [-0.1, -0.05) is 0 Å². The van der Waals surface area contributed by atoms with Crippen LogP contribution in [0.15, 0.2) is 0 Å². The van der Waals surface area contributed by atoms with Gasteiger partial charge in [0, 0.05) is 6.92 Å². The first-order chi connectivity index (χ1) is 3.77. The SMILES string of the molecule is CCOC(C)=O.[O]=[Pt]. The summed E-state index contributed by atoms with van der Waals surface area (Å²) in [7, 11) is 0. The van der Waals surface area contributed by atoms with Crippen molar-refractivity contribution in [2.45, 2.75) is 13.8 Å². The molecule has 0 spiro atoms. The quantitative estimate of drug-likeness (QED) is 0.660. The number of rotatable bonds is 1. The Morgan fingerprint density at radius 1 is 1.62 bits per heavy atom. The zero-order valence-electron chi connectivity index (χ0n) is 4.75. The van der Waals surface area contributed by atoms with Crippen molar-refractivity contribution in [3.8, 4) is 0 Å². The topological polar surface area (TPSA) is 43.4 Å². The molecule has 0 aromatic heterocycles. The minimum atomic E-state index is -0.211. The number of hydrogen-bond acceptors (Lipinski definition) is 3. The van der Waals surface area contributed by atoms with E-state index < -0.39 is 0 Å². The number of hydrogen-bond donors (Lipinski definition) is 0. The second-order valence-corrected chi connectivity index (χ2v) is 0.925. The van der Waals surface area contributed by atoms with Gasteiger partial charge in [-0.15, -0.1) is 0 Å². The molecule has 0 rings (SSSR count). The predicted molar refractivity (Wildman–Crippen MR) is 23.0 cm³/mol. The summed E-state index contributed by atoms with van der Waals surface area (Å²) < 4.78 is 12.6. The molecule has 0 heterocycles. The van der Waals surface area contributed by atoms with Crippen molar-refractivity contribution in [2.24, 2.45) is 0 Å². The molecule has 0 aromatic rings. The Bertz CT molecular complexity index is 64.3. The Morgan fingerprint density at radius 3 is 2.00 bits per heavy atom. The van der Waals surface area contributed by atoms with E-state index in [-0.39, 0.29) is 5.97 Å². The van der Waals surface area contributed by atoms with Gasteiger partial charge in [0.05, 0.1) is 6.61 Å². The Kier molecular flexibility index (Phi) is 13.6. The van der Waals surface area contributed by atoms with Crippen molar-refractivity contribution in [1.82, 2.24) is 0 Å². The molecule has 0 radical (unpaired) electrons. The molecule has 52 valence electrons. The van der Waals surface area contributed by atoms with Gasteiger partial charge in [0.25, 0.3) is 0 Å². The molecule has 0 fully saturated rings. The van der Waals surface area contributed by atoms with Crippen molar-refractivity contribution in [1.29, 1.82) is 0 Å². The zero-order chi connectivity index (χ0) is 6.99. The minimum absolute atomic E-state index is 0.211. The fraction of sp³-hybridized carbons (Fsp3) is 0.750. The maximum atomic E-state index is 9.82. The molecule has 0 bridgehead atoms. The third-order valence-corrected chi connectivity index (χ3v) is 0.348. The molecule has 0 unspecified atom stereocenters. The first kappa shape index (κ1) is 10.9. The summed E-state index contributed by atoms with van der Waals surface area (Å²) in [5, 5.41) is 0. The van der Waals surface area contributed by atoms with Crippen LogP contribution in [-0.4, -0.2) is 12.6 Å². The van der Waals surface area contributed by atoms with Crippen molar-refractivity contribution in [2.75, 3.05) is 6.61 Å². The molecule has 0 saturated heterocycles. The first-order valence-electron chi connectivity index (χ1n) is 2.03. The summed E-state index contributed by atoms with van der Waals surface area (Å²) in [5.74, 6) is -0.211. The van der Waals surface area contributed by atoms with E-state index in [4.69, 9.17) is 3.40 Å². The van der Waals surface area contributed by atoms with E-state index in [1.54, 1.807) is 6.92 Å². The third-order valence-electron chi connectivity index (χ3n) is 0.348. The van der Waals surface area contributed by atoms with E-state index >= 15 is 0 Å². The van der Waals surface area contributed by atoms with E-state index in [0.29, 0.717) is 6.61 Å². The Balaban J connectivity index is 0. The Morgan fingerprint density at radius 2 is 2.00 bits per heavy atom. The van der Waals surface area contributed by atoms with Crippen molar-refractivity contribution < 1.29 is 32.7 Å². The molecule has 0 aliphatic heterocycles. The first-order valence-corrected chi connectivity index (χ1v) is 2.96. The van der Waals surface area contributed by atoms with Gasteiger partial charge in [-0.25, -0.2) is 0 Å². The van der Waals surface area contributed by atoms with Crippen molar-refractivity contribution in [3.63, 3.8) is 0 Å². The molecule has 0 aromatic carbocycles. The Hall–Kier alpha value is -0.0417. The number of esters is 1. The van der Waals surface area contributed by atoms with Gasteiger partial charge < -0.3 is 4.74 Å². The zero-order valence-corrected chi connectivity index (χ0v) is 7.02. The second-order valence-electron chi connectivity index (χ2n) is 0.925. The molecule has 0 saturated carbocycles. The van der Waals surface area contributed by atoms with Gasteiger partial charge in [0.1, 0.15) is 0 Å². The van der Waals surface area contributed by atoms with Crippen LogP contribution in [-0.2, 0) is 32.7 Å². The van der Waals surface area contributed by atoms with Crippen molar-refractivity contribution >= 4 is 5.97 Å². The van der Waals surface area contributed by atoms with Gasteiger partial charge in [-0.3, -0.25) is 4.79 Å². The van der Waals surface area contributed by atoms with E-state index in [2.05, 4.69) is 4.74 Å². The van der Waals surface area contributed by atoms with Gasteiger partial charge >= 0.3 is 29.1 Å². The summed E-state index contributed by atoms with van der Waals surface area (Å²) >= 11 is 0.889. The summed E-state index contributed by atoms with van der Waals surface area (Å²) in [6.07, 6.45) is 0. The molecule has 8 heavy (non-hydrogen) atoms. The van der Waals surface area contributed by atoms with E-state index in [9.17, 15) is 4.79 Å². The molecule has 4 heteroatoms. The van der Waals surface area contributed by atoms with Crippen molar-refractivity contribution in [3.05, 3.63) is 0 Å². The molecule has 0 aliphatic rings. The number of ether oxygens (including phenoxy) is 1. The molecule has 0 atom stereocenters. The summed E-state index contributed by atoms with van der Waals surface area (Å²) in [5.41, 5.74) is 0. The normalized spacial score (nSPS) is 6.50. The monoisotopic (exact) mass is 299 g/mol. The summed E-state index contributed by atoms with van der Waals surface area (Å²) in [4.78, 5) is 9.82.